The molecule has 7 heteroatoms. The molecule has 1 saturated heterocycles. The van der Waals surface area contributed by atoms with Crippen LogP contribution < -0.4 is 0 Å². The van der Waals surface area contributed by atoms with Crippen molar-refractivity contribution in [3.8, 4) is 0 Å². The summed E-state index contributed by atoms with van der Waals surface area (Å²) in [5.74, 6) is 0.861. The Labute approximate surface area is 116 Å². The fourth-order valence-electron chi connectivity index (χ4n) is 2.49. The zero-order chi connectivity index (χ0) is 13.9. The first-order valence-electron chi connectivity index (χ1n) is 6.69. The van der Waals surface area contributed by atoms with Crippen LogP contribution in [0.2, 0.25) is 0 Å². The van der Waals surface area contributed by atoms with E-state index < -0.39 is 0 Å². The van der Waals surface area contributed by atoms with Gasteiger partial charge in [0.25, 0.3) is 5.91 Å². The standard InChI is InChI=1S/C13H16N6O/c1-9-4-5-10(7-14-9)13(20)19-6-2-3-11(8-19)12-15-17-18-16-12/h4-5,7,11H,2-3,6,8H2,1H3,(H,15,16,17,18). The van der Waals surface area contributed by atoms with Gasteiger partial charge >= 0.3 is 0 Å². The van der Waals surface area contributed by atoms with Crippen LogP contribution >= 0.6 is 0 Å². The molecule has 1 aliphatic rings. The molecule has 2 aromatic heterocycles. The van der Waals surface area contributed by atoms with Crippen LogP contribution in [0, 0.1) is 6.92 Å². The Morgan fingerprint density at radius 3 is 3.05 bits per heavy atom. The Kier molecular flexibility index (Phi) is 3.41. The number of carbonyl (C=O) groups is 1. The number of tetrazole rings is 1. The number of pyridine rings is 1. The van der Waals surface area contributed by atoms with E-state index in [0.29, 0.717) is 17.9 Å². The first-order valence-corrected chi connectivity index (χ1v) is 6.69. The third-order valence-corrected chi connectivity index (χ3v) is 3.59. The van der Waals surface area contributed by atoms with Crippen LogP contribution in [0.1, 0.15) is 40.6 Å². The molecule has 20 heavy (non-hydrogen) atoms. The second-order valence-corrected chi connectivity index (χ2v) is 5.05. The quantitative estimate of drug-likeness (QED) is 0.878. The van der Waals surface area contributed by atoms with Crippen LogP contribution in [0.25, 0.3) is 0 Å². The first-order chi connectivity index (χ1) is 9.74. The third kappa shape index (κ3) is 2.52. The van der Waals surface area contributed by atoms with Crippen molar-refractivity contribution in [1.29, 1.82) is 0 Å². The van der Waals surface area contributed by atoms with Crippen LogP contribution in [0.3, 0.4) is 0 Å². The van der Waals surface area contributed by atoms with E-state index in [-0.39, 0.29) is 11.8 Å². The monoisotopic (exact) mass is 272 g/mol. The summed E-state index contributed by atoms with van der Waals surface area (Å²) in [6, 6.07) is 3.68. The van der Waals surface area contributed by atoms with Gasteiger partial charge in [0.15, 0.2) is 5.82 Å². The molecule has 7 nitrogen and oxygen atoms in total. The summed E-state index contributed by atoms with van der Waals surface area (Å²) in [5.41, 5.74) is 1.54. The highest BCUT2D eigenvalue weighted by Crippen LogP contribution is 2.24. The number of H-pyrrole nitrogens is 1. The van der Waals surface area contributed by atoms with Crippen LogP contribution in [-0.4, -0.2) is 49.5 Å². The summed E-state index contributed by atoms with van der Waals surface area (Å²) in [4.78, 5) is 18.5. The average molecular weight is 272 g/mol. The molecule has 3 rings (SSSR count). The molecule has 1 atom stereocenters. The van der Waals surface area contributed by atoms with Gasteiger partial charge in [0.2, 0.25) is 0 Å². The molecule has 0 saturated carbocycles. The predicted molar refractivity (Wildman–Crippen MR) is 71.0 cm³/mol. The number of aryl methyl sites for hydroxylation is 1. The number of amides is 1. The Morgan fingerprint density at radius 2 is 2.35 bits per heavy atom. The number of hydrogen-bond donors (Lipinski definition) is 1. The summed E-state index contributed by atoms with van der Waals surface area (Å²) in [6.45, 7) is 3.30. The maximum atomic E-state index is 12.4. The van der Waals surface area contributed by atoms with Crippen molar-refractivity contribution in [2.45, 2.75) is 25.7 Å². The SMILES string of the molecule is Cc1ccc(C(=O)N2CCCC(c3nn[nH]n3)C2)cn1. The van der Waals surface area contributed by atoms with E-state index in [1.165, 1.54) is 0 Å². The van der Waals surface area contributed by atoms with Gasteiger partial charge in [0, 0.05) is 30.9 Å². The highest BCUT2D eigenvalue weighted by atomic mass is 16.2. The number of aromatic amines is 1. The minimum atomic E-state index is 0.0192. The van der Waals surface area contributed by atoms with Crippen molar-refractivity contribution in [3.63, 3.8) is 0 Å². The lowest BCUT2D eigenvalue weighted by Crippen LogP contribution is -2.39. The zero-order valence-corrected chi connectivity index (χ0v) is 11.3. The van der Waals surface area contributed by atoms with E-state index in [1.807, 2.05) is 24.0 Å². The Bertz CT molecular complexity index is 579. The molecule has 0 bridgehead atoms. The fraction of sp³-hybridized carbons (Fsp3) is 0.462. The fourth-order valence-corrected chi connectivity index (χ4v) is 2.49. The number of nitrogens with zero attached hydrogens (tertiary/aromatic N) is 5. The Hall–Kier alpha value is -2.31. The largest absolute Gasteiger partial charge is 0.338 e. The number of piperidine rings is 1. The molecule has 0 aliphatic carbocycles. The van der Waals surface area contributed by atoms with Gasteiger partial charge in [-0.05, 0) is 31.9 Å². The van der Waals surface area contributed by atoms with Crippen molar-refractivity contribution in [2.24, 2.45) is 0 Å². The molecular formula is C13H16N6O. The van der Waals surface area contributed by atoms with Gasteiger partial charge < -0.3 is 4.90 Å². The molecule has 1 N–H and O–H groups in total. The second-order valence-electron chi connectivity index (χ2n) is 5.05. The smallest absolute Gasteiger partial charge is 0.255 e. The highest BCUT2D eigenvalue weighted by Gasteiger charge is 2.27. The lowest BCUT2D eigenvalue weighted by molar-refractivity contribution is 0.0704. The van der Waals surface area contributed by atoms with E-state index in [1.54, 1.807) is 6.20 Å². The van der Waals surface area contributed by atoms with Gasteiger partial charge in [-0.2, -0.15) is 5.21 Å². The van der Waals surface area contributed by atoms with Crippen LogP contribution in [0.5, 0.6) is 0 Å². The molecule has 3 heterocycles. The lowest BCUT2D eigenvalue weighted by Gasteiger charge is -2.31. The normalized spacial score (nSPS) is 19.1. The summed E-state index contributed by atoms with van der Waals surface area (Å²) in [5, 5.41) is 14.1. The number of hydrogen-bond acceptors (Lipinski definition) is 5. The van der Waals surface area contributed by atoms with Crippen LogP contribution in [0.4, 0.5) is 0 Å². The lowest BCUT2D eigenvalue weighted by atomic mass is 9.97. The van der Waals surface area contributed by atoms with Gasteiger partial charge in [0.05, 0.1) is 5.56 Å². The summed E-state index contributed by atoms with van der Waals surface area (Å²) in [6.07, 6.45) is 3.56. The molecule has 1 fully saturated rings. The number of nitrogens with one attached hydrogen (secondary N) is 1. The van der Waals surface area contributed by atoms with Crippen molar-refractivity contribution in [3.05, 3.63) is 35.4 Å². The second kappa shape index (κ2) is 5.36. The number of aromatic nitrogens is 5. The van der Waals surface area contributed by atoms with Crippen molar-refractivity contribution in [2.75, 3.05) is 13.1 Å². The van der Waals surface area contributed by atoms with Gasteiger partial charge in [-0.15, -0.1) is 10.2 Å². The molecule has 2 aromatic rings. The number of likely N-dealkylation sites (tertiary alicyclic amines) is 1. The van der Waals surface area contributed by atoms with Crippen LogP contribution in [-0.2, 0) is 0 Å². The van der Waals surface area contributed by atoms with E-state index >= 15 is 0 Å². The summed E-state index contributed by atoms with van der Waals surface area (Å²) < 4.78 is 0. The molecule has 0 spiro atoms. The first kappa shape index (κ1) is 12.7. The van der Waals surface area contributed by atoms with Gasteiger partial charge in [-0.1, -0.05) is 5.21 Å². The van der Waals surface area contributed by atoms with E-state index in [4.69, 9.17) is 0 Å². The maximum Gasteiger partial charge on any atom is 0.255 e. The van der Waals surface area contributed by atoms with Crippen molar-refractivity contribution in [1.82, 2.24) is 30.5 Å². The van der Waals surface area contributed by atoms with Gasteiger partial charge in [0.1, 0.15) is 0 Å². The summed E-state index contributed by atoms with van der Waals surface area (Å²) >= 11 is 0. The molecular weight excluding hydrogens is 256 g/mol. The zero-order valence-electron chi connectivity index (χ0n) is 11.3. The third-order valence-electron chi connectivity index (χ3n) is 3.59. The van der Waals surface area contributed by atoms with Gasteiger partial charge in [-0.25, -0.2) is 0 Å². The van der Waals surface area contributed by atoms with E-state index in [2.05, 4.69) is 25.6 Å². The highest BCUT2D eigenvalue weighted by molar-refractivity contribution is 5.94. The van der Waals surface area contributed by atoms with Gasteiger partial charge in [-0.3, -0.25) is 9.78 Å². The topological polar surface area (TPSA) is 87.7 Å². The molecule has 104 valence electrons. The molecule has 1 unspecified atom stereocenters. The Balaban J connectivity index is 1.73. The summed E-state index contributed by atoms with van der Waals surface area (Å²) in [7, 11) is 0. The molecule has 1 aliphatic heterocycles. The number of rotatable bonds is 2. The van der Waals surface area contributed by atoms with Crippen molar-refractivity contribution >= 4 is 5.91 Å². The maximum absolute atomic E-state index is 12.4. The Morgan fingerprint density at radius 1 is 1.45 bits per heavy atom. The molecule has 0 aromatic carbocycles. The minimum absolute atomic E-state index is 0.0192. The van der Waals surface area contributed by atoms with Crippen LogP contribution in [0.15, 0.2) is 18.3 Å². The minimum Gasteiger partial charge on any atom is -0.338 e. The average Bonchev–Trinajstić information content (AvgIpc) is 3.02. The van der Waals surface area contributed by atoms with Crippen molar-refractivity contribution < 1.29 is 4.79 Å². The van der Waals surface area contributed by atoms with E-state index in [9.17, 15) is 4.79 Å². The molecule has 1 amide bonds. The number of carbonyl (C=O) groups excluding carboxylic acids is 1. The predicted octanol–water partition coefficient (Wildman–Crippen LogP) is 0.923. The van der Waals surface area contributed by atoms with E-state index in [0.717, 1.165) is 25.1 Å². The molecule has 0 radical (unpaired) electrons.